The molecule has 9 rings (SSSR count). The number of methoxy groups -OCH3 is 1. The van der Waals surface area contributed by atoms with Gasteiger partial charge in [0.2, 0.25) is 0 Å². The van der Waals surface area contributed by atoms with Crippen molar-refractivity contribution in [1.29, 1.82) is 0 Å². The lowest BCUT2D eigenvalue weighted by Crippen LogP contribution is -2.82. The fraction of sp³-hybridized carbons (Fsp3) is 0.655. The van der Waals surface area contributed by atoms with Crippen molar-refractivity contribution in [3.63, 3.8) is 0 Å². The summed E-state index contributed by atoms with van der Waals surface area (Å²) in [4.78, 5) is 3.72. The van der Waals surface area contributed by atoms with Crippen LogP contribution in [0.3, 0.4) is 0 Å². The molecule has 3 heterocycles. The Balaban J connectivity index is 1.39. The lowest BCUT2D eigenvalue weighted by Gasteiger charge is -2.75. The largest absolute Gasteiger partial charge is 0.504 e. The fourth-order valence-corrected chi connectivity index (χ4v) is 11.2. The number of ether oxygens (including phenoxy) is 2. The Labute approximate surface area is 221 Å². The summed E-state index contributed by atoms with van der Waals surface area (Å²) < 4.78 is 14.2. The molecule has 4 bridgehead atoms. The number of likely N-dealkylation sites (tertiary alicyclic amines) is 1. The molecule has 2 aliphatic heterocycles. The van der Waals surface area contributed by atoms with E-state index in [1.807, 2.05) is 25.1 Å². The zero-order valence-electron chi connectivity index (χ0n) is 21.1. The molecule has 7 aliphatic rings. The quantitative estimate of drug-likeness (QED) is 0.565. The van der Waals surface area contributed by atoms with E-state index in [1.54, 1.807) is 7.11 Å². The second-order valence-corrected chi connectivity index (χ2v) is 14.3. The van der Waals surface area contributed by atoms with Crippen LogP contribution in [0.15, 0.2) is 18.2 Å². The number of phenolic OH excluding ortho intramolecular Hbond substituents is 1. The minimum Gasteiger partial charge on any atom is -0.504 e. The van der Waals surface area contributed by atoms with Crippen LogP contribution in [0.4, 0.5) is 0 Å². The van der Waals surface area contributed by atoms with E-state index in [0.29, 0.717) is 22.2 Å². The molecule has 2 N–H and O–H groups in total. The Morgan fingerprint density at radius 2 is 2.06 bits per heavy atom. The Kier molecular flexibility index (Phi) is 4.29. The van der Waals surface area contributed by atoms with Crippen LogP contribution in [-0.4, -0.2) is 52.6 Å². The highest BCUT2D eigenvalue weighted by Crippen LogP contribution is 2.78. The fourth-order valence-electron chi connectivity index (χ4n) is 10.0. The van der Waals surface area contributed by atoms with Crippen LogP contribution in [0, 0.1) is 18.3 Å². The molecule has 0 radical (unpaired) electrons. The van der Waals surface area contributed by atoms with E-state index >= 15 is 0 Å². The number of halogens is 1. The standard InChI is InChI=1S/C29H34ClNO4S/c1-15-12-18(32)24-23-17(15)13-20-27-8-9-29(34-3,19(14-27)26(2,33)21-6-7-22(30)36-21)25(35-24)28(23,27)10-11-31(20)16-4-5-16/h6-7,12,16,19-20,25,32-33H,4-5,8-11,13-14H2,1-3H3/t19-,20?,25+,26+,27?,28+,29-/m1/s1. The third kappa shape index (κ3) is 2.33. The van der Waals surface area contributed by atoms with Crippen molar-refractivity contribution in [1.82, 2.24) is 4.90 Å². The number of rotatable bonds is 4. The summed E-state index contributed by atoms with van der Waals surface area (Å²) in [5, 5.41) is 23.5. The number of nitrogens with zero attached hydrogens (tertiary/aromatic N) is 1. The number of benzene rings is 1. The number of aryl methyl sites for hydroxylation is 1. The first-order chi connectivity index (χ1) is 17.2. The molecule has 7 atom stereocenters. The average Bonchev–Trinajstić information content (AvgIpc) is 3.48. The van der Waals surface area contributed by atoms with Crippen LogP contribution < -0.4 is 4.74 Å². The lowest BCUT2D eigenvalue weighted by molar-refractivity contribution is -0.304. The van der Waals surface area contributed by atoms with Crippen LogP contribution in [0.5, 0.6) is 11.5 Å². The molecule has 1 saturated heterocycles. The molecular weight excluding hydrogens is 494 g/mol. The van der Waals surface area contributed by atoms with Gasteiger partial charge in [-0.05, 0) is 94.7 Å². The molecule has 4 saturated carbocycles. The van der Waals surface area contributed by atoms with E-state index in [0.717, 1.165) is 43.5 Å². The van der Waals surface area contributed by atoms with Crippen molar-refractivity contribution >= 4 is 22.9 Å². The number of hydrogen-bond donors (Lipinski definition) is 2. The first-order valence-corrected chi connectivity index (χ1v) is 14.7. The van der Waals surface area contributed by atoms with E-state index in [-0.39, 0.29) is 28.6 Å². The number of hydrogen-bond acceptors (Lipinski definition) is 6. The van der Waals surface area contributed by atoms with Gasteiger partial charge < -0.3 is 19.7 Å². The van der Waals surface area contributed by atoms with Gasteiger partial charge in [-0.2, -0.15) is 0 Å². The van der Waals surface area contributed by atoms with Gasteiger partial charge in [-0.15, -0.1) is 11.3 Å². The number of piperidine rings is 1. The van der Waals surface area contributed by atoms with Crippen molar-refractivity contribution in [3.05, 3.63) is 44.1 Å². The summed E-state index contributed by atoms with van der Waals surface area (Å²) in [5.41, 5.74) is 1.88. The molecule has 7 heteroatoms. The van der Waals surface area contributed by atoms with E-state index in [1.165, 1.54) is 40.9 Å². The number of phenols is 1. The predicted octanol–water partition coefficient (Wildman–Crippen LogP) is 5.30. The smallest absolute Gasteiger partial charge is 0.165 e. The maximum absolute atomic E-state index is 12.3. The monoisotopic (exact) mass is 527 g/mol. The average molecular weight is 528 g/mol. The van der Waals surface area contributed by atoms with Crippen LogP contribution in [0.2, 0.25) is 4.34 Å². The van der Waals surface area contributed by atoms with E-state index in [9.17, 15) is 10.2 Å². The molecule has 1 aromatic carbocycles. The highest BCUT2D eigenvalue weighted by atomic mass is 35.5. The summed E-state index contributed by atoms with van der Waals surface area (Å²) in [5.74, 6) is 0.802. The number of aromatic hydroxyl groups is 1. The molecule has 5 fully saturated rings. The van der Waals surface area contributed by atoms with E-state index in [2.05, 4.69) is 11.8 Å². The molecule has 2 spiro atoms. The topological polar surface area (TPSA) is 62.2 Å². The van der Waals surface area contributed by atoms with Gasteiger partial charge in [0.25, 0.3) is 0 Å². The van der Waals surface area contributed by atoms with Gasteiger partial charge in [0, 0.05) is 46.4 Å². The first kappa shape index (κ1) is 22.7. The second-order valence-electron chi connectivity index (χ2n) is 12.6. The SMILES string of the molecule is CO[C@]12CCC3(C[C@@H]1[C@](C)(O)c1ccc(Cl)s1)C1Cc4c(C)cc(O)c5c4[C@@]3(CCN1C1CC1)[C@@H]2O5. The number of thiophene rings is 1. The summed E-state index contributed by atoms with van der Waals surface area (Å²) in [6.45, 7) is 5.18. The van der Waals surface area contributed by atoms with Crippen molar-refractivity contribution in [2.45, 2.75) is 93.6 Å². The Morgan fingerprint density at radius 1 is 1.25 bits per heavy atom. The normalized spacial score (nSPS) is 41.6. The third-order valence-corrected chi connectivity index (χ3v) is 13.0. The maximum Gasteiger partial charge on any atom is 0.165 e. The highest BCUT2D eigenvalue weighted by molar-refractivity contribution is 7.16. The molecule has 192 valence electrons. The van der Waals surface area contributed by atoms with Crippen LogP contribution >= 0.6 is 22.9 Å². The maximum atomic E-state index is 12.3. The Morgan fingerprint density at radius 3 is 2.75 bits per heavy atom. The van der Waals surface area contributed by atoms with Crippen molar-refractivity contribution in [2.75, 3.05) is 13.7 Å². The van der Waals surface area contributed by atoms with Gasteiger partial charge in [0.1, 0.15) is 17.3 Å². The van der Waals surface area contributed by atoms with Crippen LogP contribution in [-0.2, 0) is 22.2 Å². The van der Waals surface area contributed by atoms with Gasteiger partial charge in [-0.3, -0.25) is 4.90 Å². The highest BCUT2D eigenvalue weighted by Gasteiger charge is 2.82. The molecule has 1 aromatic heterocycles. The first-order valence-electron chi connectivity index (χ1n) is 13.5. The number of fused-ring (bicyclic) bond motifs is 2. The minimum atomic E-state index is -1.10. The van der Waals surface area contributed by atoms with Gasteiger partial charge in [0.15, 0.2) is 11.5 Å². The molecule has 5 nitrogen and oxygen atoms in total. The molecular formula is C29H34ClNO4S. The molecule has 2 aromatic rings. The van der Waals surface area contributed by atoms with Crippen molar-refractivity contribution in [3.8, 4) is 11.5 Å². The zero-order chi connectivity index (χ0) is 24.8. The molecule has 2 unspecified atom stereocenters. The van der Waals surface area contributed by atoms with Crippen molar-refractivity contribution in [2.24, 2.45) is 11.3 Å². The summed E-state index contributed by atoms with van der Waals surface area (Å²) in [7, 11) is 1.80. The Bertz CT molecular complexity index is 1300. The predicted molar refractivity (Wildman–Crippen MR) is 139 cm³/mol. The molecule has 0 amide bonds. The van der Waals surface area contributed by atoms with Gasteiger partial charge >= 0.3 is 0 Å². The summed E-state index contributed by atoms with van der Waals surface area (Å²) in [6, 6.07) is 6.87. The number of aliphatic hydroxyl groups is 1. The van der Waals surface area contributed by atoms with Gasteiger partial charge in [0.05, 0.1) is 4.34 Å². The molecule has 36 heavy (non-hydrogen) atoms. The van der Waals surface area contributed by atoms with Crippen LogP contribution in [0.1, 0.15) is 67.0 Å². The summed E-state index contributed by atoms with van der Waals surface area (Å²) >= 11 is 7.82. The zero-order valence-corrected chi connectivity index (χ0v) is 22.7. The van der Waals surface area contributed by atoms with Crippen molar-refractivity contribution < 1.29 is 19.7 Å². The lowest BCUT2D eigenvalue weighted by atomic mass is 9.33. The Hall–Kier alpha value is -1.31. The molecule has 5 aliphatic carbocycles. The van der Waals surface area contributed by atoms with Gasteiger partial charge in [-0.1, -0.05) is 11.6 Å². The third-order valence-electron chi connectivity index (χ3n) is 11.5. The second kappa shape index (κ2) is 6.81. The van der Waals surface area contributed by atoms with Crippen LogP contribution in [0.25, 0.3) is 0 Å². The minimum absolute atomic E-state index is 0.0209. The van der Waals surface area contributed by atoms with Gasteiger partial charge in [-0.25, -0.2) is 0 Å². The van der Waals surface area contributed by atoms with E-state index in [4.69, 9.17) is 21.1 Å². The van der Waals surface area contributed by atoms with E-state index < -0.39 is 11.2 Å². The summed E-state index contributed by atoms with van der Waals surface area (Å²) in [6.07, 6.45) is 7.21.